The van der Waals surface area contributed by atoms with Gasteiger partial charge in [0.25, 0.3) is 0 Å². The molecule has 0 saturated heterocycles. The molecule has 1 nitrogen and oxygen atoms in total. The van der Waals surface area contributed by atoms with Crippen LogP contribution in [0.2, 0.25) is 0 Å². The van der Waals surface area contributed by atoms with Gasteiger partial charge >= 0.3 is 0 Å². The number of hydrogen-bond acceptors (Lipinski definition) is 1. The van der Waals surface area contributed by atoms with Crippen LogP contribution in [-0.4, -0.2) is 0 Å². The van der Waals surface area contributed by atoms with Crippen molar-refractivity contribution >= 4 is 0 Å². The highest BCUT2D eigenvalue weighted by Gasteiger charge is 2.16. The highest BCUT2D eigenvalue weighted by atomic mass is 19.1. The highest BCUT2D eigenvalue weighted by Crippen LogP contribution is 2.26. The number of hydrogen-bond donors (Lipinski definition) is 1. The van der Waals surface area contributed by atoms with Crippen molar-refractivity contribution < 1.29 is 8.78 Å². The van der Waals surface area contributed by atoms with Crippen LogP contribution in [0.5, 0.6) is 0 Å². The minimum absolute atomic E-state index is 0.334. The Morgan fingerprint density at radius 2 is 1.62 bits per heavy atom. The van der Waals surface area contributed by atoms with E-state index in [-0.39, 0.29) is 0 Å². The van der Waals surface area contributed by atoms with Crippen molar-refractivity contribution in [1.82, 2.24) is 0 Å². The normalized spacial score (nSPS) is 12.5. The van der Waals surface area contributed by atoms with Crippen molar-refractivity contribution in [2.24, 2.45) is 5.73 Å². The van der Waals surface area contributed by atoms with Crippen LogP contribution < -0.4 is 5.73 Å². The first-order valence-corrected chi connectivity index (χ1v) is 7.30. The zero-order chi connectivity index (χ0) is 15.6. The maximum atomic E-state index is 14.0. The number of rotatable bonds is 4. The molecule has 0 saturated carbocycles. The van der Waals surface area contributed by atoms with Crippen LogP contribution in [-0.2, 0) is 12.8 Å². The Morgan fingerprint density at radius 1 is 0.952 bits per heavy atom. The largest absolute Gasteiger partial charge is 0.320 e. The van der Waals surface area contributed by atoms with E-state index in [9.17, 15) is 8.78 Å². The quantitative estimate of drug-likeness (QED) is 0.884. The van der Waals surface area contributed by atoms with Gasteiger partial charge in [0.2, 0.25) is 0 Å². The molecule has 3 heteroatoms. The molecule has 0 spiro atoms. The van der Waals surface area contributed by atoms with E-state index in [0.717, 1.165) is 24.5 Å². The first-order chi connectivity index (χ1) is 9.97. The smallest absolute Gasteiger partial charge is 0.131 e. The second-order valence-corrected chi connectivity index (χ2v) is 5.34. The molecule has 0 aromatic heterocycles. The second kappa shape index (κ2) is 6.35. The molecule has 0 amide bonds. The fraction of sp³-hybridized carbons (Fsp3) is 0.333. The molecule has 112 valence electrons. The summed E-state index contributed by atoms with van der Waals surface area (Å²) in [6, 6.07) is 7.82. The summed E-state index contributed by atoms with van der Waals surface area (Å²) in [5, 5.41) is 0. The molecule has 1 atom stereocenters. The Kier molecular flexibility index (Phi) is 4.73. The Morgan fingerprint density at radius 3 is 2.24 bits per heavy atom. The van der Waals surface area contributed by atoms with Crippen LogP contribution in [0.25, 0.3) is 0 Å². The average molecular weight is 289 g/mol. The van der Waals surface area contributed by atoms with Gasteiger partial charge in [-0.1, -0.05) is 32.0 Å². The predicted molar refractivity (Wildman–Crippen MR) is 82.3 cm³/mol. The van der Waals surface area contributed by atoms with Crippen LogP contribution in [0.4, 0.5) is 8.78 Å². The molecule has 0 fully saturated rings. The van der Waals surface area contributed by atoms with E-state index in [0.29, 0.717) is 11.1 Å². The van der Waals surface area contributed by atoms with Crippen LogP contribution in [0.15, 0.2) is 30.3 Å². The molecule has 0 aliphatic rings. The second-order valence-electron chi connectivity index (χ2n) is 5.34. The molecule has 1 unspecified atom stereocenters. The summed E-state index contributed by atoms with van der Waals surface area (Å²) in [4.78, 5) is 0. The first-order valence-electron chi connectivity index (χ1n) is 7.30. The third-order valence-corrected chi connectivity index (χ3v) is 3.96. The minimum Gasteiger partial charge on any atom is -0.320 e. The van der Waals surface area contributed by atoms with E-state index in [1.165, 1.54) is 17.2 Å². The van der Waals surface area contributed by atoms with Crippen molar-refractivity contribution in [3.05, 3.63) is 69.8 Å². The fourth-order valence-corrected chi connectivity index (χ4v) is 2.61. The molecular weight excluding hydrogens is 268 g/mol. The number of aryl methyl sites for hydroxylation is 3. The van der Waals surface area contributed by atoms with Crippen LogP contribution >= 0.6 is 0 Å². The lowest BCUT2D eigenvalue weighted by atomic mass is 9.93. The summed E-state index contributed by atoms with van der Waals surface area (Å²) in [6.45, 7) is 5.81. The Hall–Kier alpha value is -1.74. The molecule has 21 heavy (non-hydrogen) atoms. The van der Waals surface area contributed by atoms with Crippen molar-refractivity contribution in [2.45, 2.75) is 39.7 Å². The molecule has 2 aromatic rings. The first kappa shape index (κ1) is 15.6. The van der Waals surface area contributed by atoms with Gasteiger partial charge in [-0.3, -0.25) is 0 Å². The van der Waals surface area contributed by atoms with E-state index >= 15 is 0 Å². The molecule has 2 aromatic carbocycles. The average Bonchev–Trinajstić information content (AvgIpc) is 2.49. The molecule has 0 bridgehead atoms. The topological polar surface area (TPSA) is 26.0 Å². The van der Waals surface area contributed by atoms with E-state index in [1.54, 1.807) is 6.92 Å². The number of benzene rings is 2. The summed E-state index contributed by atoms with van der Waals surface area (Å²) in [7, 11) is 0. The summed E-state index contributed by atoms with van der Waals surface area (Å²) in [6.07, 6.45) is 1.87. The monoisotopic (exact) mass is 289 g/mol. The van der Waals surface area contributed by atoms with Gasteiger partial charge in [0.05, 0.1) is 6.04 Å². The lowest BCUT2D eigenvalue weighted by Crippen LogP contribution is -2.15. The third-order valence-electron chi connectivity index (χ3n) is 3.96. The van der Waals surface area contributed by atoms with Gasteiger partial charge in [-0.05, 0) is 48.1 Å². The fourth-order valence-electron chi connectivity index (χ4n) is 2.61. The maximum Gasteiger partial charge on any atom is 0.131 e. The van der Waals surface area contributed by atoms with E-state index in [1.807, 2.05) is 18.2 Å². The minimum atomic E-state index is -0.594. The SMILES string of the molecule is CCc1ccc(C(N)c2cc(C)c(F)cc2F)cc1CC. The van der Waals surface area contributed by atoms with Crippen LogP contribution in [0, 0.1) is 18.6 Å². The zero-order valence-corrected chi connectivity index (χ0v) is 12.7. The molecule has 0 radical (unpaired) electrons. The lowest BCUT2D eigenvalue weighted by molar-refractivity contribution is 0.561. The lowest BCUT2D eigenvalue weighted by Gasteiger charge is -2.17. The number of halogens is 2. The van der Waals surface area contributed by atoms with Crippen molar-refractivity contribution in [1.29, 1.82) is 0 Å². The maximum absolute atomic E-state index is 14.0. The molecular formula is C18H21F2N. The van der Waals surface area contributed by atoms with Crippen LogP contribution in [0.1, 0.15) is 47.7 Å². The van der Waals surface area contributed by atoms with Gasteiger partial charge in [-0.25, -0.2) is 8.78 Å². The van der Waals surface area contributed by atoms with Gasteiger partial charge in [0.1, 0.15) is 11.6 Å². The van der Waals surface area contributed by atoms with E-state index < -0.39 is 17.7 Å². The van der Waals surface area contributed by atoms with Gasteiger partial charge < -0.3 is 5.73 Å². The molecule has 2 rings (SSSR count). The predicted octanol–water partition coefficient (Wildman–Crippen LogP) is 4.45. The van der Waals surface area contributed by atoms with Gasteiger partial charge in [0, 0.05) is 11.6 Å². The van der Waals surface area contributed by atoms with E-state index in [4.69, 9.17) is 5.73 Å². The molecule has 0 heterocycles. The van der Waals surface area contributed by atoms with Crippen LogP contribution in [0.3, 0.4) is 0 Å². The Balaban J connectivity index is 2.45. The third kappa shape index (κ3) is 3.13. The van der Waals surface area contributed by atoms with Crippen molar-refractivity contribution in [3.8, 4) is 0 Å². The van der Waals surface area contributed by atoms with E-state index in [2.05, 4.69) is 13.8 Å². The Bertz CT molecular complexity index is 650. The highest BCUT2D eigenvalue weighted by molar-refractivity contribution is 5.39. The van der Waals surface area contributed by atoms with Gasteiger partial charge in [0.15, 0.2) is 0 Å². The zero-order valence-electron chi connectivity index (χ0n) is 12.7. The number of nitrogens with two attached hydrogens (primary N) is 1. The molecule has 0 aliphatic carbocycles. The van der Waals surface area contributed by atoms with Gasteiger partial charge in [-0.15, -0.1) is 0 Å². The van der Waals surface area contributed by atoms with Gasteiger partial charge in [-0.2, -0.15) is 0 Å². The Labute approximate surface area is 124 Å². The summed E-state index contributed by atoms with van der Waals surface area (Å²) < 4.78 is 27.3. The molecule has 2 N–H and O–H groups in total. The summed E-state index contributed by atoms with van der Waals surface area (Å²) >= 11 is 0. The molecule has 0 aliphatic heterocycles. The van der Waals surface area contributed by atoms with Crippen molar-refractivity contribution in [2.75, 3.05) is 0 Å². The standard InChI is InChI=1S/C18H21F2N/c1-4-12-6-7-14(9-13(12)5-2)18(21)15-8-11(3)16(19)10-17(15)20/h6-10,18H,4-5,21H2,1-3H3. The van der Waals surface area contributed by atoms with Crippen molar-refractivity contribution in [3.63, 3.8) is 0 Å². The summed E-state index contributed by atoms with van der Waals surface area (Å²) in [5.41, 5.74) is 10.3. The summed E-state index contributed by atoms with van der Waals surface area (Å²) in [5.74, 6) is -1.14.